The van der Waals surface area contributed by atoms with Gasteiger partial charge in [0.2, 0.25) is 12.5 Å². The maximum atomic E-state index is 9.17. The summed E-state index contributed by atoms with van der Waals surface area (Å²) in [4.78, 5) is 2.33. The highest BCUT2D eigenvalue weighted by Crippen LogP contribution is 2.44. The first-order valence-corrected chi connectivity index (χ1v) is 7.12. The number of nitrogens with one attached hydrogen (secondary N) is 1. The van der Waals surface area contributed by atoms with Gasteiger partial charge < -0.3 is 19.5 Å². The molecule has 1 aromatic rings. The molecule has 6 heteroatoms. The van der Waals surface area contributed by atoms with Crippen molar-refractivity contribution in [2.75, 3.05) is 40.1 Å². The number of piperazine rings is 1. The number of fused-ring (bicyclic) bond motifs is 1. The number of ether oxygens (including phenoxy) is 3. The predicted octanol–water partition coefficient (Wildman–Crippen LogP) is 1.28. The highest BCUT2D eigenvalue weighted by molar-refractivity contribution is 5.55. The maximum absolute atomic E-state index is 9.17. The van der Waals surface area contributed by atoms with E-state index in [0.717, 1.165) is 31.7 Å². The van der Waals surface area contributed by atoms with Gasteiger partial charge in [-0.05, 0) is 17.7 Å². The summed E-state index contributed by atoms with van der Waals surface area (Å²) in [7, 11) is 1.62. The van der Waals surface area contributed by atoms with E-state index in [9.17, 15) is 0 Å². The Morgan fingerprint density at radius 3 is 2.90 bits per heavy atom. The molecular formula is C15H19N3O3. The fourth-order valence-electron chi connectivity index (χ4n) is 2.88. The summed E-state index contributed by atoms with van der Waals surface area (Å²) in [5.74, 6) is 2.01. The van der Waals surface area contributed by atoms with Crippen LogP contribution in [0.5, 0.6) is 17.2 Å². The fourth-order valence-corrected chi connectivity index (χ4v) is 2.88. The van der Waals surface area contributed by atoms with Gasteiger partial charge in [0.25, 0.3) is 0 Å². The molecule has 0 radical (unpaired) electrons. The second-order valence-corrected chi connectivity index (χ2v) is 5.12. The first-order valence-electron chi connectivity index (χ1n) is 7.12. The number of hydrogen-bond acceptors (Lipinski definition) is 6. The third kappa shape index (κ3) is 2.75. The number of nitrogens with zero attached hydrogens (tertiary/aromatic N) is 2. The van der Waals surface area contributed by atoms with Crippen LogP contribution in [0.3, 0.4) is 0 Å². The standard InChI is InChI=1S/C15H19N3O3/c1-19-13-8-11(9-14-15(13)21-10-20-14)12(2-3-16)18-6-4-17-5-7-18/h8-9,12,17H,2,4-7,10H2,1H3/t12-/m1/s1. The summed E-state index contributed by atoms with van der Waals surface area (Å²) in [6.45, 7) is 3.98. The van der Waals surface area contributed by atoms with E-state index in [-0.39, 0.29) is 12.8 Å². The summed E-state index contributed by atoms with van der Waals surface area (Å²) < 4.78 is 16.3. The van der Waals surface area contributed by atoms with Crippen LogP contribution >= 0.6 is 0 Å². The molecule has 112 valence electrons. The molecule has 21 heavy (non-hydrogen) atoms. The van der Waals surface area contributed by atoms with Gasteiger partial charge in [-0.3, -0.25) is 4.90 Å². The van der Waals surface area contributed by atoms with Crippen LogP contribution in [-0.2, 0) is 0 Å². The molecule has 0 aromatic heterocycles. The lowest BCUT2D eigenvalue weighted by Crippen LogP contribution is -2.45. The van der Waals surface area contributed by atoms with Gasteiger partial charge in [0.1, 0.15) is 0 Å². The van der Waals surface area contributed by atoms with E-state index in [1.165, 1.54) is 0 Å². The summed E-state index contributed by atoms with van der Waals surface area (Å²) in [5.41, 5.74) is 1.04. The lowest BCUT2D eigenvalue weighted by atomic mass is 10.0. The van der Waals surface area contributed by atoms with Gasteiger partial charge in [0.15, 0.2) is 11.5 Å². The molecule has 0 spiro atoms. The first kappa shape index (κ1) is 14.0. The molecule has 1 N–H and O–H groups in total. The minimum atomic E-state index is 0.0560. The van der Waals surface area contributed by atoms with E-state index in [1.807, 2.05) is 12.1 Å². The average Bonchev–Trinajstić information content (AvgIpc) is 3.01. The quantitative estimate of drug-likeness (QED) is 0.901. The Hall–Kier alpha value is -1.97. The minimum absolute atomic E-state index is 0.0560. The number of hydrogen-bond donors (Lipinski definition) is 1. The molecule has 1 aromatic carbocycles. The van der Waals surface area contributed by atoms with Crippen molar-refractivity contribution < 1.29 is 14.2 Å². The molecule has 2 aliphatic rings. The lowest BCUT2D eigenvalue weighted by molar-refractivity contribution is 0.170. The molecule has 1 saturated heterocycles. The Kier molecular flexibility index (Phi) is 4.13. The van der Waals surface area contributed by atoms with E-state index in [4.69, 9.17) is 19.5 Å². The summed E-state index contributed by atoms with van der Waals surface area (Å²) in [6.07, 6.45) is 0.447. The van der Waals surface area contributed by atoms with E-state index >= 15 is 0 Å². The first-order chi connectivity index (χ1) is 10.3. The smallest absolute Gasteiger partial charge is 0.231 e. The zero-order chi connectivity index (χ0) is 14.7. The number of benzene rings is 1. The van der Waals surface area contributed by atoms with Gasteiger partial charge >= 0.3 is 0 Å². The Balaban J connectivity index is 1.93. The van der Waals surface area contributed by atoms with Crippen LogP contribution in [-0.4, -0.2) is 45.0 Å². The normalized spacial score (nSPS) is 19.0. The van der Waals surface area contributed by atoms with Crippen molar-refractivity contribution in [3.63, 3.8) is 0 Å². The zero-order valence-corrected chi connectivity index (χ0v) is 12.1. The van der Waals surface area contributed by atoms with Gasteiger partial charge in [0.05, 0.1) is 19.6 Å². The van der Waals surface area contributed by atoms with Crippen molar-refractivity contribution in [3.05, 3.63) is 17.7 Å². The molecular weight excluding hydrogens is 270 g/mol. The van der Waals surface area contributed by atoms with Gasteiger partial charge in [-0.1, -0.05) is 0 Å². The SMILES string of the molecule is COc1cc([C@@H](CC#N)N2CCNCC2)cc2c1OCO2. The number of methoxy groups -OCH3 is 1. The van der Waals surface area contributed by atoms with E-state index in [1.54, 1.807) is 7.11 Å². The van der Waals surface area contributed by atoms with Crippen molar-refractivity contribution in [1.29, 1.82) is 5.26 Å². The third-order valence-electron chi connectivity index (χ3n) is 3.94. The highest BCUT2D eigenvalue weighted by Gasteiger charge is 2.27. The third-order valence-corrected chi connectivity index (χ3v) is 3.94. The van der Waals surface area contributed by atoms with E-state index in [2.05, 4.69) is 16.3 Å². The van der Waals surface area contributed by atoms with Crippen molar-refractivity contribution >= 4 is 0 Å². The van der Waals surface area contributed by atoms with Crippen molar-refractivity contribution in [3.8, 4) is 23.3 Å². The zero-order valence-electron chi connectivity index (χ0n) is 12.1. The van der Waals surface area contributed by atoms with Gasteiger partial charge in [-0.25, -0.2) is 0 Å². The summed E-state index contributed by atoms with van der Waals surface area (Å²) >= 11 is 0. The molecule has 1 atom stereocenters. The van der Waals surface area contributed by atoms with E-state index in [0.29, 0.717) is 23.7 Å². The second-order valence-electron chi connectivity index (χ2n) is 5.12. The van der Waals surface area contributed by atoms with Crippen molar-refractivity contribution in [2.24, 2.45) is 0 Å². The molecule has 1 fully saturated rings. The van der Waals surface area contributed by atoms with Crippen LogP contribution in [0, 0.1) is 11.3 Å². The molecule has 2 aliphatic heterocycles. The average molecular weight is 289 g/mol. The molecule has 2 heterocycles. The Labute approximate surface area is 124 Å². The largest absolute Gasteiger partial charge is 0.493 e. The van der Waals surface area contributed by atoms with Crippen LogP contribution in [0.2, 0.25) is 0 Å². The molecule has 0 aliphatic carbocycles. The van der Waals surface area contributed by atoms with Crippen LogP contribution < -0.4 is 19.5 Å². The van der Waals surface area contributed by atoms with E-state index < -0.39 is 0 Å². The van der Waals surface area contributed by atoms with Crippen LogP contribution in [0.4, 0.5) is 0 Å². The topological polar surface area (TPSA) is 66.8 Å². The van der Waals surface area contributed by atoms with Crippen LogP contribution in [0.15, 0.2) is 12.1 Å². The molecule has 0 unspecified atom stereocenters. The predicted molar refractivity (Wildman–Crippen MR) is 76.5 cm³/mol. The number of nitriles is 1. The van der Waals surface area contributed by atoms with Crippen molar-refractivity contribution in [2.45, 2.75) is 12.5 Å². The van der Waals surface area contributed by atoms with Crippen molar-refractivity contribution in [1.82, 2.24) is 10.2 Å². The Morgan fingerprint density at radius 2 is 2.19 bits per heavy atom. The molecule has 3 rings (SSSR count). The minimum Gasteiger partial charge on any atom is -0.493 e. The maximum Gasteiger partial charge on any atom is 0.231 e. The van der Waals surface area contributed by atoms with Gasteiger partial charge in [0, 0.05) is 32.2 Å². The molecule has 6 nitrogen and oxygen atoms in total. The van der Waals surface area contributed by atoms with Crippen LogP contribution in [0.25, 0.3) is 0 Å². The molecule has 0 saturated carbocycles. The number of rotatable bonds is 4. The highest BCUT2D eigenvalue weighted by atomic mass is 16.7. The van der Waals surface area contributed by atoms with Crippen LogP contribution in [0.1, 0.15) is 18.0 Å². The Bertz CT molecular complexity index is 550. The monoisotopic (exact) mass is 289 g/mol. The Morgan fingerprint density at radius 1 is 1.38 bits per heavy atom. The molecule has 0 bridgehead atoms. The summed E-state index contributed by atoms with van der Waals surface area (Å²) in [6, 6.07) is 6.27. The second kappa shape index (κ2) is 6.20. The van der Waals surface area contributed by atoms with Gasteiger partial charge in [-0.15, -0.1) is 0 Å². The fraction of sp³-hybridized carbons (Fsp3) is 0.533. The lowest BCUT2D eigenvalue weighted by Gasteiger charge is -2.34. The summed E-state index contributed by atoms with van der Waals surface area (Å²) in [5, 5.41) is 12.5. The van der Waals surface area contributed by atoms with Gasteiger partial charge in [-0.2, -0.15) is 5.26 Å². The molecule has 0 amide bonds.